The number of esters is 1. The van der Waals surface area contributed by atoms with E-state index in [2.05, 4.69) is 20.4 Å². The van der Waals surface area contributed by atoms with Gasteiger partial charge in [0, 0.05) is 23.9 Å². The van der Waals surface area contributed by atoms with Crippen molar-refractivity contribution in [1.29, 1.82) is 0 Å². The number of hydrogen-bond acceptors (Lipinski definition) is 7. The molecule has 2 aromatic heterocycles. The summed E-state index contributed by atoms with van der Waals surface area (Å²) in [5, 5.41) is 7.83. The predicted molar refractivity (Wildman–Crippen MR) is 132 cm³/mol. The number of fused-ring (bicyclic) bond motifs is 1. The van der Waals surface area contributed by atoms with Crippen LogP contribution in [0, 0.1) is 5.82 Å². The number of ether oxygens (including phenoxy) is 2. The zero-order valence-corrected chi connectivity index (χ0v) is 21.1. The van der Waals surface area contributed by atoms with Gasteiger partial charge in [-0.1, -0.05) is 23.7 Å². The summed E-state index contributed by atoms with van der Waals surface area (Å²) < 4.78 is 65.5. The third kappa shape index (κ3) is 5.82. The Kier molecular flexibility index (Phi) is 7.17. The van der Waals surface area contributed by atoms with E-state index in [0.29, 0.717) is 40.1 Å². The summed E-state index contributed by atoms with van der Waals surface area (Å²) in [6, 6.07) is 11.0. The van der Waals surface area contributed by atoms with Crippen molar-refractivity contribution in [3.05, 3.63) is 77.3 Å². The number of methoxy groups -OCH3 is 1. The van der Waals surface area contributed by atoms with Crippen molar-refractivity contribution in [3.8, 4) is 11.4 Å². The van der Waals surface area contributed by atoms with Crippen molar-refractivity contribution in [2.24, 2.45) is 0 Å². The molecule has 0 amide bonds. The Labute approximate surface area is 224 Å². The van der Waals surface area contributed by atoms with E-state index in [0.717, 1.165) is 0 Å². The van der Waals surface area contributed by atoms with Gasteiger partial charge in [0.05, 0.1) is 19.3 Å². The molecule has 1 aliphatic heterocycles. The van der Waals surface area contributed by atoms with Crippen molar-refractivity contribution in [2.75, 3.05) is 12.4 Å². The lowest BCUT2D eigenvalue weighted by Crippen LogP contribution is -2.32. The number of hydrogen-bond donors (Lipinski definition) is 1. The summed E-state index contributed by atoms with van der Waals surface area (Å²) in [6.45, 7) is -0.132. The van der Waals surface area contributed by atoms with Crippen LogP contribution in [0.1, 0.15) is 30.1 Å². The third-order valence-corrected chi connectivity index (χ3v) is 6.40. The van der Waals surface area contributed by atoms with Gasteiger partial charge in [0.25, 0.3) is 0 Å². The number of alkyl halides is 3. The van der Waals surface area contributed by atoms with Crippen molar-refractivity contribution in [1.82, 2.24) is 24.3 Å². The molecule has 9 nitrogen and oxygen atoms in total. The minimum atomic E-state index is -5.12. The monoisotopic (exact) mass is 564 g/mol. The SMILES string of the molecule is COc1cc(Nc2nc3n(n2)C[C@H](OC(=O)C(F)(F)F)CC[C@H]3c2ccc(F)cc2)ccc1-n1cnc(Cl)c1. The number of nitrogens with one attached hydrogen (secondary N) is 1. The van der Waals surface area contributed by atoms with Gasteiger partial charge < -0.3 is 19.4 Å². The number of carbonyl (C=O) groups excluding carboxylic acids is 1. The standard InChI is InChI=1S/C25H21ClF4N6O3/c1-38-20-10-16(6-9-19(20)35-12-21(26)31-13-35)32-24-33-22-18(14-2-4-15(27)5-3-14)8-7-17(11-36(22)34-24)39-23(37)25(28,29)30/h2-6,9-10,12-13,17-18H,7-8,11H2,1H3,(H,32,34)/t17-,18+/m1/s1. The van der Waals surface area contributed by atoms with Crippen LogP contribution in [-0.4, -0.2) is 49.7 Å². The quantitative estimate of drug-likeness (QED) is 0.247. The smallest absolute Gasteiger partial charge is 0.490 e. The van der Waals surface area contributed by atoms with Crippen molar-refractivity contribution in [3.63, 3.8) is 0 Å². The molecule has 1 aliphatic rings. The molecule has 0 bridgehead atoms. The summed E-state index contributed by atoms with van der Waals surface area (Å²) >= 11 is 5.92. The molecule has 0 aliphatic carbocycles. The zero-order valence-electron chi connectivity index (χ0n) is 20.3. The average molecular weight is 565 g/mol. The molecule has 204 valence electrons. The molecule has 39 heavy (non-hydrogen) atoms. The molecule has 4 aromatic rings. The largest absolute Gasteiger partial charge is 0.494 e. The second kappa shape index (κ2) is 10.6. The molecule has 0 saturated carbocycles. The van der Waals surface area contributed by atoms with Gasteiger partial charge in [0.2, 0.25) is 5.95 Å². The molecular weight excluding hydrogens is 544 g/mol. The fourth-order valence-electron chi connectivity index (χ4n) is 4.42. The van der Waals surface area contributed by atoms with Crippen molar-refractivity contribution >= 4 is 29.2 Å². The first-order valence-electron chi connectivity index (χ1n) is 11.7. The van der Waals surface area contributed by atoms with Gasteiger partial charge in [-0.2, -0.15) is 18.2 Å². The molecule has 0 radical (unpaired) electrons. The first kappa shape index (κ1) is 26.5. The van der Waals surface area contributed by atoms with Crippen LogP contribution >= 0.6 is 11.6 Å². The van der Waals surface area contributed by atoms with E-state index in [1.807, 2.05) is 0 Å². The van der Waals surface area contributed by atoms with Gasteiger partial charge in [-0.15, -0.1) is 5.10 Å². The maximum atomic E-state index is 13.6. The van der Waals surface area contributed by atoms with Gasteiger partial charge in [0.1, 0.15) is 35.0 Å². The molecule has 14 heteroatoms. The number of carbonyl (C=O) groups is 1. The Hall–Kier alpha value is -4.13. The normalized spacial score (nSPS) is 17.3. The highest BCUT2D eigenvalue weighted by molar-refractivity contribution is 6.29. The number of benzene rings is 2. The van der Waals surface area contributed by atoms with E-state index in [9.17, 15) is 22.4 Å². The molecule has 2 aromatic carbocycles. The molecule has 0 unspecified atom stereocenters. The van der Waals surface area contributed by atoms with Crippen LogP contribution in [0.15, 0.2) is 55.0 Å². The van der Waals surface area contributed by atoms with Gasteiger partial charge in [-0.05, 0) is 42.7 Å². The Morgan fingerprint density at radius 2 is 1.92 bits per heavy atom. The zero-order chi connectivity index (χ0) is 27.7. The van der Waals surface area contributed by atoms with Crippen LogP contribution < -0.4 is 10.1 Å². The maximum absolute atomic E-state index is 13.6. The van der Waals surface area contributed by atoms with Gasteiger partial charge in [-0.3, -0.25) is 0 Å². The summed E-state index contributed by atoms with van der Waals surface area (Å²) in [7, 11) is 1.51. The highest BCUT2D eigenvalue weighted by Gasteiger charge is 2.43. The lowest BCUT2D eigenvalue weighted by molar-refractivity contribution is -0.205. The third-order valence-electron chi connectivity index (χ3n) is 6.21. The van der Waals surface area contributed by atoms with Gasteiger partial charge >= 0.3 is 12.1 Å². The first-order valence-corrected chi connectivity index (χ1v) is 12.1. The Morgan fingerprint density at radius 1 is 1.15 bits per heavy atom. The molecule has 5 rings (SSSR count). The molecular formula is C25H21ClF4N6O3. The maximum Gasteiger partial charge on any atom is 0.490 e. The second-order valence-corrected chi connectivity index (χ2v) is 9.18. The number of anilines is 2. The van der Waals surface area contributed by atoms with E-state index in [-0.39, 0.29) is 18.9 Å². The van der Waals surface area contributed by atoms with E-state index in [1.54, 1.807) is 47.4 Å². The number of halogens is 5. The minimum absolute atomic E-state index is 0.132. The lowest BCUT2D eigenvalue weighted by Gasteiger charge is -2.17. The molecule has 1 N–H and O–H groups in total. The van der Waals surface area contributed by atoms with Crippen molar-refractivity contribution < 1.29 is 31.8 Å². The average Bonchev–Trinajstić information content (AvgIpc) is 3.46. The van der Waals surface area contributed by atoms with Gasteiger partial charge in [0.15, 0.2) is 0 Å². The molecule has 0 spiro atoms. The Morgan fingerprint density at radius 3 is 2.59 bits per heavy atom. The molecule has 2 atom stereocenters. The number of aromatic nitrogens is 5. The fraction of sp³-hybridized carbons (Fsp3) is 0.280. The Balaban J connectivity index is 1.45. The molecule has 0 fully saturated rings. The summed E-state index contributed by atoms with van der Waals surface area (Å²) in [5.41, 5.74) is 1.95. The van der Waals surface area contributed by atoms with E-state index >= 15 is 0 Å². The summed E-state index contributed by atoms with van der Waals surface area (Å²) in [5.74, 6) is -2.02. The van der Waals surface area contributed by atoms with Crippen LogP contribution in [-0.2, 0) is 16.1 Å². The predicted octanol–water partition coefficient (Wildman–Crippen LogP) is 5.41. The van der Waals surface area contributed by atoms with E-state index < -0.39 is 30.0 Å². The van der Waals surface area contributed by atoms with Gasteiger partial charge in [-0.25, -0.2) is 18.9 Å². The van der Waals surface area contributed by atoms with Crippen LogP contribution in [0.5, 0.6) is 5.75 Å². The van der Waals surface area contributed by atoms with E-state index in [4.69, 9.17) is 21.1 Å². The molecule has 0 saturated heterocycles. The fourth-order valence-corrected chi connectivity index (χ4v) is 4.57. The minimum Gasteiger partial charge on any atom is -0.494 e. The lowest BCUT2D eigenvalue weighted by atomic mass is 9.93. The second-order valence-electron chi connectivity index (χ2n) is 8.80. The summed E-state index contributed by atoms with van der Waals surface area (Å²) in [6.07, 6.45) is -2.60. The van der Waals surface area contributed by atoms with Crippen LogP contribution in [0.3, 0.4) is 0 Å². The van der Waals surface area contributed by atoms with Crippen molar-refractivity contribution in [2.45, 2.75) is 37.6 Å². The van der Waals surface area contributed by atoms with Crippen LogP contribution in [0.2, 0.25) is 5.15 Å². The summed E-state index contributed by atoms with van der Waals surface area (Å²) in [4.78, 5) is 20.1. The number of nitrogens with zero attached hydrogens (tertiary/aromatic N) is 5. The van der Waals surface area contributed by atoms with Crippen LogP contribution in [0.25, 0.3) is 5.69 Å². The number of imidazole rings is 1. The Bertz CT molecular complexity index is 1490. The topological polar surface area (TPSA) is 96.1 Å². The molecule has 3 heterocycles. The number of rotatable bonds is 6. The first-order chi connectivity index (χ1) is 18.6. The van der Waals surface area contributed by atoms with Crippen LogP contribution in [0.4, 0.5) is 29.2 Å². The highest BCUT2D eigenvalue weighted by atomic mass is 35.5. The highest BCUT2D eigenvalue weighted by Crippen LogP contribution is 2.35. The van der Waals surface area contributed by atoms with E-state index in [1.165, 1.54) is 23.9 Å².